The van der Waals surface area contributed by atoms with E-state index in [0.717, 1.165) is 40.3 Å². The second-order valence-electron chi connectivity index (χ2n) is 15.6. The lowest BCUT2D eigenvalue weighted by Crippen LogP contribution is -2.64. The summed E-state index contributed by atoms with van der Waals surface area (Å²) in [6.07, 6.45) is -9.11. The monoisotopic (exact) mass is 911 g/mol. The van der Waals surface area contributed by atoms with Gasteiger partial charge < -0.3 is 78.3 Å². The van der Waals surface area contributed by atoms with E-state index in [1.165, 1.54) is 16.2 Å². The fourth-order valence-electron chi connectivity index (χ4n) is 6.34. The van der Waals surface area contributed by atoms with Gasteiger partial charge in [0.15, 0.2) is 5.96 Å². The third kappa shape index (κ3) is 17.0. The van der Waals surface area contributed by atoms with Crippen LogP contribution in [0.25, 0.3) is 10.6 Å². The maximum atomic E-state index is 12.7. The van der Waals surface area contributed by atoms with Crippen molar-refractivity contribution >= 4 is 34.9 Å². The predicted molar refractivity (Wildman–Crippen MR) is 232 cm³/mol. The zero-order chi connectivity index (χ0) is 46.9. The number of amides is 1. The number of thiazole rings is 1. The molecule has 2 aromatic rings. The maximum Gasteiger partial charge on any atom is 0.306 e. The van der Waals surface area contributed by atoms with E-state index in [9.17, 15) is 50.4 Å². The van der Waals surface area contributed by atoms with E-state index in [2.05, 4.69) is 25.6 Å². The van der Waals surface area contributed by atoms with Crippen LogP contribution in [0.2, 0.25) is 0 Å². The number of benzene rings is 1. The second-order valence-corrected chi connectivity index (χ2v) is 16.7. The Morgan fingerprint density at radius 1 is 0.889 bits per heavy atom. The third-order valence-electron chi connectivity index (χ3n) is 10.2. The van der Waals surface area contributed by atoms with Gasteiger partial charge in [0.05, 0.1) is 44.1 Å². The smallest absolute Gasteiger partial charge is 0.306 e. The third-order valence-corrected chi connectivity index (χ3v) is 11.3. The molecule has 63 heavy (non-hydrogen) atoms. The van der Waals surface area contributed by atoms with Crippen molar-refractivity contribution in [3.05, 3.63) is 52.4 Å². The number of unbranched alkanes of at least 4 members (excludes halogenated alkanes) is 2. The van der Waals surface area contributed by atoms with Crippen molar-refractivity contribution in [3.8, 4) is 10.6 Å². The first-order valence-electron chi connectivity index (χ1n) is 20.6. The average Bonchev–Trinajstić information content (AvgIpc) is 3.73. The Morgan fingerprint density at radius 3 is 2.06 bits per heavy atom. The van der Waals surface area contributed by atoms with Crippen molar-refractivity contribution in [1.82, 2.24) is 20.5 Å². The van der Waals surface area contributed by atoms with Gasteiger partial charge in [0.2, 0.25) is 0 Å². The molecule has 22 nitrogen and oxygen atoms in total. The summed E-state index contributed by atoms with van der Waals surface area (Å²) in [7, 11) is 0. The summed E-state index contributed by atoms with van der Waals surface area (Å²) < 4.78 is 5.37. The van der Waals surface area contributed by atoms with Gasteiger partial charge in [-0.25, -0.2) is 9.98 Å². The van der Waals surface area contributed by atoms with E-state index in [0.29, 0.717) is 31.5 Å². The van der Waals surface area contributed by atoms with Gasteiger partial charge in [-0.15, -0.1) is 11.3 Å². The van der Waals surface area contributed by atoms with Crippen LogP contribution in [0.5, 0.6) is 0 Å². The Bertz CT molecular complexity index is 1800. The molecule has 23 heteroatoms. The molecule has 1 aromatic heterocycles. The molecule has 0 spiro atoms. The number of aromatic nitrogens is 1. The minimum Gasteiger partial charge on any atom is -0.466 e. The van der Waals surface area contributed by atoms with Crippen molar-refractivity contribution < 1.29 is 65.4 Å². The number of hydrogen-bond acceptors (Lipinski definition) is 21. The number of allylic oxidation sites excluding steroid dienone is 1. The summed E-state index contributed by atoms with van der Waals surface area (Å²) in [6, 6.07) is 8.02. The molecule has 1 unspecified atom stereocenters. The summed E-state index contributed by atoms with van der Waals surface area (Å²) >= 11 is 1.46. The lowest BCUT2D eigenvalue weighted by atomic mass is 10.0. The van der Waals surface area contributed by atoms with Crippen LogP contribution in [0, 0.1) is 0 Å². The standard InChI is InChI=1S/C40H65N9O13S/c1-22-36(41)48-40(2,43)35(46-22)37(61)47-39(42)44-14-4-3-7-23-8-10-24(11-9-23)38-45-17-25(63-38)12-13-30(56)62-16-6-5-15-49(18-26(52)31(57)33(59)28(54)20-50)19-27(53)32(58)34(60)29(55)21-51/h8-11,17,26-29,31-34,48,50-55,57-60H,3-7,12-16,18-21,41,43H2,1-2H3,(H3,42,44,47,61)/t26-,27-,28+,29+,31+,32+,33+,34+,40?/m0/s1. The molecule has 1 amide bonds. The molecule has 0 saturated carbocycles. The van der Waals surface area contributed by atoms with Crippen LogP contribution in [0.3, 0.4) is 0 Å². The van der Waals surface area contributed by atoms with Gasteiger partial charge in [-0.05, 0) is 64.5 Å². The molecule has 18 N–H and O–H groups in total. The molecule has 354 valence electrons. The quantitative estimate of drug-likeness (QED) is 0.0175. The van der Waals surface area contributed by atoms with Crippen molar-refractivity contribution in [2.24, 2.45) is 27.2 Å². The number of carbonyl (C=O) groups excluding carboxylic acids is 2. The van der Waals surface area contributed by atoms with E-state index in [1.54, 1.807) is 20.0 Å². The molecule has 0 aliphatic carbocycles. The molecule has 3 rings (SSSR count). The molecule has 1 aromatic carbocycles. The Hall–Kier alpha value is -4.21. The lowest BCUT2D eigenvalue weighted by molar-refractivity contribution is -0.143. The Labute approximate surface area is 369 Å². The Balaban J connectivity index is 1.39. The predicted octanol–water partition coefficient (Wildman–Crippen LogP) is -4.14. The Kier molecular flexibility index (Phi) is 21.9. The van der Waals surface area contributed by atoms with Gasteiger partial charge in [0.25, 0.3) is 5.91 Å². The van der Waals surface area contributed by atoms with Gasteiger partial charge in [0, 0.05) is 36.3 Å². The first-order valence-corrected chi connectivity index (χ1v) is 21.4. The molecule has 1 aliphatic rings. The van der Waals surface area contributed by atoms with E-state index in [-0.39, 0.29) is 37.1 Å². The van der Waals surface area contributed by atoms with Crippen LogP contribution in [0.1, 0.15) is 56.4 Å². The van der Waals surface area contributed by atoms with Crippen molar-refractivity contribution in [2.75, 3.05) is 46.0 Å². The highest BCUT2D eigenvalue weighted by Gasteiger charge is 2.36. The SMILES string of the molecule is CC1=C(N)NC(C)(N)C(C(=O)NC(N)=NCCCCc2ccc(-c3ncc(CCC(=O)OCCCCN(C[C@H](O)[C@@H](O)[C@H](O)[C@H](O)CO)C[C@H](O)[C@@H](O)[C@H](O)[C@H](O)CO)s3)cc2)=N1. The molecule has 0 saturated heterocycles. The number of nitrogens with two attached hydrogens (primary N) is 3. The first-order chi connectivity index (χ1) is 29.8. The van der Waals surface area contributed by atoms with Gasteiger partial charge >= 0.3 is 5.97 Å². The van der Waals surface area contributed by atoms with Gasteiger partial charge in [-0.3, -0.25) is 24.8 Å². The van der Waals surface area contributed by atoms with Crippen LogP contribution < -0.4 is 27.8 Å². The normalized spacial score (nSPS) is 19.7. The first kappa shape index (κ1) is 53.1. The van der Waals surface area contributed by atoms with Crippen LogP contribution in [-0.4, -0.2) is 185 Å². The molecule has 0 bridgehead atoms. The van der Waals surface area contributed by atoms with Crippen molar-refractivity contribution in [3.63, 3.8) is 0 Å². The summed E-state index contributed by atoms with van der Waals surface area (Å²) in [5.74, 6) is -0.754. The number of nitrogens with one attached hydrogen (secondary N) is 2. The van der Waals surface area contributed by atoms with Gasteiger partial charge in [-0.2, -0.15) is 0 Å². The summed E-state index contributed by atoms with van der Waals surface area (Å²) in [4.78, 5) is 40.4. The highest BCUT2D eigenvalue weighted by atomic mass is 32.1. The molecular formula is C40H65N9O13S. The van der Waals surface area contributed by atoms with E-state index >= 15 is 0 Å². The van der Waals surface area contributed by atoms with Crippen LogP contribution in [0.4, 0.5) is 0 Å². The van der Waals surface area contributed by atoms with E-state index < -0.39 is 92.7 Å². The number of carbonyl (C=O) groups is 2. The molecule has 0 fully saturated rings. The number of ether oxygens (including phenoxy) is 1. The number of rotatable bonds is 27. The maximum absolute atomic E-state index is 12.7. The topological polar surface area (TPSA) is 389 Å². The van der Waals surface area contributed by atoms with Crippen molar-refractivity contribution in [2.45, 2.75) is 113 Å². The van der Waals surface area contributed by atoms with Gasteiger partial charge in [-0.1, -0.05) is 24.3 Å². The molecule has 9 atom stereocenters. The summed E-state index contributed by atoms with van der Waals surface area (Å²) in [6.45, 7) is 1.26. The number of nitrogens with zero attached hydrogens (tertiary/aromatic N) is 4. The largest absolute Gasteiger partial charge is 0.466 e. The minimum atomic E-state index is -1.89. The van der Waals surface area contributed by atoms with Crippen molar-refractivity contribution in [1.29, 1.82) is 0 Å². The van der Waals surface area contributed by atoms with Crippen LogP contribution in [0.15, 0.2) is 52.0 Å². The number of aryl methyl sites for hydroxylation is 2. The number of esters is 1. The molecule has 2 heterocycles. The number of guanidine groups is 1. The number of aliphatic hydroxyl groups is 10. The van der Waals surface area contributed by atoms with Crippen LogP contribution in [-0.2, 0) is 27.2 Å². The second kappa shape index (κ2) is 25.9. The number of aliphatic imine (C=N–C) groups is 2. The number of aliphatic hydroxyl groups excluding tert-OH is 10. The minimum absolute atomic E-state index is 0.0365. The molecule has 1 aliphatic heterocycles. The fraction of sp³-hybridized carbons (Fsp3) is 0.625. The van der Waals surface area contributed by atoms with E-state index in [4.69, 9.17) is 32.2 Å². The fourth-order valence-corrected chi connectivity index (χ4v) is 7.25. The average molecular weight is 912 g/mol. The zero-order valence-corrected chi connectivity index (χ0v) is 36.3. The summed E-state index contributed by atoms with van der Waals surface area (Å²) in [5.41, 5.74) is 19.1. The van der Waals surface area contributed by atoms with E-state index in [1.807, 2.05) is 24.3 Å². The Morgan fingerprint density at radius 2 is 1.48 bits per heavy atom. The highest BCUT2D eigenvalue weighted by molar-refractivity contribution is 7.15. The zero-order valence-electron chi connectivity index (χ0n) is 35.5. The van der Waals surface area contributed by atoms with Crippen LogP contribution >= 0.6 is 11.3 Å². The number of hydrogen-bond donors (Lipinski definition) is 15. The lowest BCUT2D eigenvalue weighted by Gasteiger charge is -2.33. The van der Waals surface area contributed by atoms with Gasteiger partial charge in [0.1, 0.15) is 58.8 Å². The molecule has 0 radical (unpaired) electrons. The summed E-state index contributed by atoms with van der Waals surface area (Å²) in [5, 5.41) is 105. The highest BCUT2D eigenvalue weighted by Crippen LogP contribution is 2.27. The molecular weight excluding hydrogens is 847 g/mol.